The van der Waals surface area contributed by atoms with E-state index in [1.807, 2.05) is 100 Å². The maximum absolute atomic E-state index is 15.6. The number of fused-ring (bicyclic) bond motifs is 3. The number of halogens is 15. The second-order valence-electron chi connectivity index (χ2n) is 35.3. The molecule has 0 radical (unpaired) electrons. The van der Waals surface area contributed by atoms with E-state index in [9.17, 15) is 57.7 Å². The molecule has 3 saturated heterocycles. The van der Waals surface area contributed by atoms with E-state index in [0.717, 1.165) is 0 Å². The Kier molecular flexibility index (Phi) is 30.5. The monoisotopic (exact) mass is 2070 g/mol. The normalized spacial score (nSPS) is 16.6. The largest absolute Gasteiger partial charge is 0.395 e. The summed E-state index contributed by atoms with van der Waals surface area (Å²) in [6, 6.07) is 13.2. The van der Waals surface area contributed by atoms with Crippen LogP contribution in [0, 0.1) is 101 Å². The number of benzene rings is 3. The molecule has 0 saturated carbocycles. The minimum atomic E-state index is -1.68. The number of aromatic nitrogens is 9. The Balaban J connectivity index is 0.000000178. The van der Waals surface area contributed by atoms with Gasteiger partial charge < -0.3 is 46.6 Å². The summed E-state index contributed by atoms with van der Waals surface area (Å²) in [5.41, 5.74) is 12.4. The molecule has 0 spiro atoms. The fraction of sp³-hybridized carbons (Fsp3) is 0.303. The van der Waals surface area contributed by atoms with Crippen LogP contribution in [0.2, 0.25) is 35.2 Å². The van der Waals surface area contributed by atoms with Gasteiger partial charge in [-0.2, -0.15) is 15.8 Å². The summed E-state index contributed by atoms with van der Waals surface area (Å²) < 4.78 is 125. The van der Waals surface area contributed by atoms with Crippen LogP contribution in [0.25, 0.3) is 83.9 Å². The highest BCUT2D eigenvalue weighted by Crippen LogP contribution is 2.49. The molecule has 0 unspecified atom stereocenters. The zero-order chi connectivity index (χ0) is 104. The molecule has 3 aliphatic rings. The van der Waals surface area contributed by atoms with Gasteiger partial charge in [0, 0.05) is 110 Å². The summed E-state index contributed by atoms with van der Waals surface area (Å²) in [6.07, 6.45) is 8.45. The quantitative estimate of drug-likeness (QED) is 0.0282. The minimum absolute atomic E-state index is 0.000731. The van der Waals surface area contributed by atoms with E-state index in [4.69, 9.17) is 103 Å². The second kappa shape index (κ2) is 41.0. The standard InChI is InChI=1S/C33H30Cl3F2N7O2.2C33H30Cl2F3N7O2/c1-7-21(46)44-16(5)12-43(13-17(44)6)31-18-10-20(34)29(22-23(35)24(36)26(38)27(40)25(22)37)42-32(18)45(33(47)19(31)11-39)30-15(4)8-9-41-28(30)14(2)3;2*1-7-21(46)44-16(5)12-43(13-17(44)6)31-18-10-20(34)29(22-24(36)26(38)23(35)27(40)25(22)37)42-32(18)45(33(47)19(31)11-39)30-15(4)8-9-41-28(30)14(2)3/h3*7-10,14,16-17H,1,12-13,40H2,2-6H3/t3*16-,17+. The van der Waals surface area contributed by atoms with Gasteiger partial charge in [0.2, 0.25) is 17.7 Å². The van der Waals surface area contributed by atoms with Crippen molar-refractivity contribution >= 4 is 166 Å². The predicted octanol–water partition coefficient (Wildman–Crippen LogP) is 20.5. The fourth-order valence-electron chi connectivity index (χ4n) is 18.8. The summed E-state index contributed by atoms with van der Waals surface area (Å²) in [6.45, 7) is 39.6. The number of nitrogens with two attached hydrogens (primary N) is 3. The predicted molar refractivity (Wildman–Crippen MR) is 535 cm³/mol. The Morgan fingerprint density at radius 2 is 0.631 bits per heavy atom. The molecule has 732 valence electrons. The molecule has 9 aromatic heterocycles. The van der Waals surface area contributed by atoms with E-state index in [-0.39, 0.29) is 199 Å². The number of amides is 3. The lowest BCUT2D eigenvalue weighted by Crippen LogP contribution is -2.58. The van der Waals surface area contributed by atoms with Crippen LogP contribution in [0.1, 0.15) is 151 Å². The first kappa shape index (κ1) is 105. The highest BCUT2D eigenvalue weighted by molar-refractivity contribution is 6.45. The number of nitrogen functional groups attached to an aromatic ring is 3. The lowest BCUT2D eigenvalue weighted by atomic mass is 10.0. The Morgan fingerprint density at radius 3 is 0.872 bits per heavy atom. The van der Waals surface area contributed by atoms with Crippen molar-refractivity contribution in [2.24, 2.45) is 0 Å². The molecule has 6 atom stereocenters. The Bertz CT molecular complexity index is 6860. The van der Waals surface area contributed by atoms with Gasteiger partial charge in [-0.05, 0) is 151 Å². The van der Waals surface area contributed by atoms with Gasteiger partial charge in [0.1, 0.15) is 67.6 Å². The van der Waals surface area contributed by atoms with E-state index < -0.39 is 128 Å². The van der Waals surface area contributed by atoms with Crippen LogP contribution in [-0.2, 0) is 14.4 Å². The summed E-state index contributed by atoms with van der Waals surface area (Å²) in [7, 11) is 0. The topological polar surface area (TPSA) is 363 Å². The molecule has 3 aliphatic heterocycles. The van der Waals surface area contributed by atoms with E-state index in [2.05, 4.69) is 50.7 Å². The maximum atomic E-state index is 15.6. The molecule has 3 fully saturated rings. The van der Waals surface area contributed by atoms with Gasteiger partial charge in [0.05, 0.1) is 121 Å². The smallest absolute Gasteiger partial charge is 0.276 e. The van der Waals surface area contributed by atoms with Crippen molar-refractivity contribution < 1.29 is 49.5 Å². The SMILES string of the molecule is C=CC(=O)N1[C@H](C)CN(c2c(C#N)c(=O)n(-c3c(C)ccnc3C(C)C)c3nc(-c4c(F)c(N)c(Cl)c(F)c4F)c(Cl)cc23)C[C@@H]1C.C=CC(=O)N1[C@H](C)CN(c2c(C#N)c(=O)n(-c3c(C)ccnc3C(C)C)c3nc(-c4c(F)c(N)c(Cl)c(F)c4F)c(Cl)cc23)C[C@@H]1C.C=CC(=O)N1[C@H](C)CN(c2c(C#N)c(=O)n(-c3c(C)ccnc3C(C)C)c3nc(-c4c(F)c(N)c(F)c(Cl)c4Cl)c(Cl)cc23)C[C@@H]1C. The van der Waals surface area contributed by atoms with Gasteiger partial charge in [-0.3, -0.25) is 57.4 Å². The van der Waals surface area contributed by atoms with Crippen LogP contribution in [0.15, 0.2) is 107 Å². The Labute approximate surface area is 838 Å². The molecule has 15 rings (SSSR count). The third-order valence-electron chi connectivity index (χ3n) is 24.9. The fourth-order valence-corrected chi connectivity index (χ4v) is 20.3. The summed E-state index contributed by atoms with van der Waals surface area (Å²) in [4.78, 5) is 119. The highest BCUT2D eigenvalue weighted by Gasteiger charge is 2.42. The second-order valence-corrected chi connectivity index (χ2v) is 38.1. The van der Waals surface area contributed by atoms with E-state index in [1.165, 1.54) is 50.1 Å². The number of carbonyl (C=O) groups is 3. The zero-order valence-corrected chi connectivity index (χ0v) is 83.7. The van der Waals surface area contributed by atoms with Gasteiger partial charge in [-0.1, -0.05) is 142 Å². The molecule has 6 N–H and O–H groups in total. The molecular formula is C99H90Cl7F8N21O6. The number of carbonyl (C=O) groups excluding carboxylic acids is 3. The maximum Gasteiger partial charge on any atom is 0.276 e. The van der Waals surface area contributed by atoms with Crippen molar-refractivity contribution in [2.45, 2.75) is 158 Å². The van der Waals surface area contributed by atoms with Gasteiger partial charge in [-0.15, -0.1) is 0 Å². The summed E-state index contributed by atoms with van der Waals surface area (Å²) in [5.74, 6) is -13.2. The number of pyridine rings is 9. The summed E-state index contributed by atoms with van der Waals surface area (Å²) >= 11 is 44.0. The summed E-state index contributed by atoms with van der Waals surface area (Å²) in [5, 5.41) is 28.3. The van der Waals surface area contributed by atoms with Crippen molar-refractivity contribution in [3.05, 3.63) is 256 Å². The lowest BCUT2D eigenvalue weighted by Gasteiger charge is -2.45. The van der Waals surface area contributed by atoms with E-state index in [1.54, 1.807) is 82.1 Å². The number of hydrogen-bond donors (Lipinski definition) is 3. The van der Waals surface area contributed by atoms with Crippen molar-refractivity contribution in [2.75, 3.05) is 71.2 Å². The number of rotatable bonds is 15. The molecular weight excluding hydrogens is 1980 g/mol. The van der Waals surface area contributed by atoms with Gasteiger partial charge in [0.25, 0.3) is 16.7 Å². The van der Waals surface area contributed by atoms with Crippen LogP contribution in [0.4, 0.5) is 69.2 Å². The van der Waals surface area contributed by atoms with Crippen LogP contribution < -0.4 is 48.6 Å². The lowest BCUT2D eigenvalue weighted by molar-refractivity contribution is -0.131. The first-order chi connectivity index (χ1) is 66.5. The molecule has 3 amide bonds. The van der Waals surface area contributed by atoms with Crippen LogP contribution >= 0.6 is 81.2 Å². The average Bonchev–Trinajstić information content (AvgIpc) is 0.725. The zero-order valence-electron chi connectivity index (χ0n) is 78.4. The third-order valence-corrected chi connectivity index (χ3v) is 27.4. The van der Waals surface area contributed by atoms with Crippen molar-refractivity contribution in [3.63, 3.8) is 0 Å². The Morgan fingerprint density at radius 1 is 0.383 bits per heavy atom. The van der Waals surface area contributed by atoms with Crippen molar-refractivity contribution in [1.82, 2.24) is 58.3 Å². The first-order valence-corrected chi connectivity index (χ1v) is 46.5. The van der Waals surface area contributed by atoms with Crippen molar-refractivity contribution in [1.29, 1.82) is 15.8 Å². The van der Waals surface area contributed by atoms with Gasteiger partial charge in [0.15, 0.2) is 46.5 Å². The number of nitrogens with zero attached hydrogens (tertiary/aromatic N) is 18. The molecule has 3 aromatic carbocycles. The molecule has 0 aliphatic carbocycles. The van der Waals surface area contributed by atoms with Crippen molar-refractivity contribution in [3.8, 4) is 69.0 Å². The third kappa shape index (κ3) is 18.2. The van der Waals surface area contributed by atoms with E-state index >= 15 is 22.0 Å². The number of aryl methyl sites for hydroxylation is 3. The van der Waals surface area contributed by atoms with Crippen LogP contribution in [0.5, 0.6) is 0 Å². The Hall–Kier alpha value is -13.4. The minimum Gasteiger partial charge on any atom is -0.395 e. The first-order valence-electron chi connectivity index (χ1n) is 43.9. The molecule has 27 nitrogen and oxygen atoms in total. The number of nitriles is 3. The molecule has 12 heterocycles. The molecule has 12 aromatic rings. The molecule has 42 heteroatoms. The van der Waals surface area contributed by atoms with Gasteiger partial charge in [-0.25, -0.2) is 50.1 Å². The number of piperazine rings is 3. The van der Waals surface area contributed by atoms with E-state index in [0.29, 0.717) is 50.8 Å². The molecule has 141 heavy (non-hydrogen) atoms. The van der Waals surface area contributed by atoms with Crippen LogP contribution in [0.3, 0.4) is 0 Å². The van der Waals surface area contributed by atoms with Gasteiger partial charge >= 0.3 is 0 Å². The average molecular weight is 2070 g/mol. The number of anilines is 6. The molecule has 0 bridgehead atoms. The number of hydrogen-bond acceptors (Lipinski definition) is 21. The van der Waals surface area contributed by atoms with Crippen LogP contribution in [-0.4, -0.2) is 152 Å². The highest BCUT2D eigenvalue weighted by atomic mass is 35.5.